The van der Waals surface area contributed by atoms with Gasteiger partial charge in [0.2, 0.25) is 0 Å². The normalized spacial score (nSPS) is 21.7. The van der Waals surface area contributed by atoms with Crippen molar-refractivity contribution in [1.82, 2.24) is 5.32 Å². The molecule has 0 amide bonds. The first-order chi connectivity index (χ1) is 8.60. The van der Waals surface area contributed by atoms with Gasteiger partial charge in [0.05, 0.1) is 0 Å². The van der Waals surface area contributed by atoms with Crippen molar-refractivity contribution < 1.29 is 0 Å². The highest BCUT2D eigenvalue weighted by Gasteiger charge is 2.23. The molecule has 0 aromatic heterocycles. The number of hydrogen-bond donors (Lipinski definition) is 1. The molecule has 0 heterocycles. The summed E-state index contributed by atoms with van der Waals surface area (Å²) in [4.78, 5) is 0. The highest BCUT2D eigenvalue weighted by molar-refractivity contribution is 9.10. The average Bonchev–Trinajstić information content (AvgIpc) is 2.71. The molecule has 0 saturated carbocycles. The summed E-state index contributed by atoms with van der Waals surface area (Å²) in [5.74, 6) is 0.818. The highest BCUT2D eigenvalue weighted by Crippen LogP contribution is 2.33. The molecule has 2 heteroatoms. The van der Waals surface area contributed by atoms with Crippen molar-refractivity contribution >= 4 is 15.9 Å². The molecule has 0 saturated heterocycles. The molecule has 1 N–H and O–H groups in total. The third kappa shape index (κ3) is 3.36. The van der Waals surface area contributed by atoms with Crippen LogP contribution < -0.4 is 5.32 Å². The first kappa shape index (κ1) is 14.1. The van der Waals surface area contributed by atoms with Gasteiger partial charge in [-0.25, -0.2) is 0 Å². The van der Waals surface area contributed by atoms with E-state index in [1.807, 2.05) is 0 Å². The lowest BCUT2D eigenvalue weighted by Gasteiger charge is -2.22. The van der Waals surface area contributed by atoms with Crippen molar-refractivity contribution in [2.45, 2.75) is 58.5 Å². The Hall–Kier alpha value is -0.340. The van der Waals surface area contributed by atoms with Gasteiger partial charge in [-0.3, -0.25) is 0 Å². The molecule has 1 aliphatic rings. The molecule has 0 aliphatic heterocycles. The Balaban J connectivity index is 1.97. The molecule has 1 aromatic rings. The van der Waals surface area contributed by atoms with E-state index in [2.05, 4.69) is 60.2 Å². The van der Waals surface area contributed by atoms with Crippen LogP contribution in [0.15, 0.2) is 22.7 Å². The van der Waals surface area contributed by atoms with Gasteiger partial charge in [0.15, 0.2) is 0 Å². The van der Waals surface area contributed by atoms with Crippen LogP contribution in [0, 0.1) is 5.92 Å². The maximum absolute atomic E-state index is 3.80. The van der Waals surface area contributed by atoms with Crippen molar-refractivity contribution in [2.75, 3.05) is 0 Å². The molecular weight excluding hydrogens is 286 g/mol. The van der Waals surface area contributed by atoms with E-state index in [4.69, 9.17) is 0 Å². The number of benzene rings is 1. The Morgan fingerprint density at radius 1 is 1.39 bits per heavy atom. The first-order valence-corrected chi connectivity index (χ1v) is 7.93. The smallest absolute Gasteiger partial charge is 0.0328 e. The number of halogens is 1. The van der Waals surface area contributed by atoms with E-state index in [1.165, 1.54) is 41.3 Å². The maximum atomic E-state index is 3.80. The average molecular weight is 310 g/mol. The largest absolute Gasteiger partial charge is 0.307 e. The Kier molecular flexibility index (Phi) is 4.85. The van der Waals surface area contributed by atoms with Crippen molar-refractivity contribution in [2.24, 2.45) is 5.92 Å². The summed E-state index contributed by atoms with van der Waals surface area (Å²) < 4.78 is 1.20. The van der Waals surface area contributed by atoms with E-state index >= 15 is 0 Å². The SMILES string of the molecule is CCC(C)CC(C)NC1CCc2cc(Br)ccc21. The molecule has 0 radical (unpaired) electrons. The minimum absolute atomic E-state index is 0.562. The third-order valence-electron chi connectivity index (χ3n) is 4.12. The number of rotatable bonds is 5. The lowest BCUT2D eigenvalue weighted by atomic mass is 9.99. The Bertz CT molecular complexity index is 402. The number of fused-ring (bicyclic) bond motifs is 1. The predicted octanol–water partition coefficient (Wildman–Crippen LogP) is 4.85. The fraction of sp³-hybridized carbons (Fsp3) is 0.625. The zero-order valence-corrected chi connectivity index (χ0v) is 13.3. The summed E-state index contributed by atoms with van der Waals surface area (Å²) in [6, 6.07) is 7.89. The summed E-state index contributed by atoms with van der Waals surface area (Å²) in [5.41, 5.74) is 3.02. The monoisotopic (exact) mass is 309 g/mol. The van der Waals surface area contributed by atoms with Gasteiger partial charge in [-0.15, -0.1) is 0 Å². The molecule has 3 unspecified atom stereocenters. The molecule has 0 spiro atoms. The van der Waals surface area contributed by atoms with Crippen molar-refractivity contribution in [1.29, 1.82) is 0 Å². The van der Waals surface area contributed by atoms with Crippen LogP contribution in [0.2, 0.25) is 0 Å². The third-order valence-corrected chi connectivity index (χ3v) is 4.61. The van der Waals surface area contributed by atoms with Gasteiger partial charge >= 0.3 is 0 Å². The predicted molar refractivity (Wildman–Crippen MR) is 81.9 cm³/mol. The van der Waals surface area contributed by atoms with Gasteiger partial charge in [-0.05, 0) is 55.4 Å². The Morgan fingerprint density at radius 3 is 2.89 bits per heavy atom. The summed E-state index contributed by atoms with van der Waals surface area (Å²) in [5, 5.41) is 3.80. The van der Waals surface area contributed by atoms with Crippen LogP contribution >= 0.6 is 15.9 Å². The van der Waals surface area contributed by atoms with Crippen LogP contribution in [0.5, 0.6) is 0 Å². The molecule has 1 aromatic carbocycles. The molecular formula is C16H24BrN. The van der Waals surface area contributed by atoms with Gasteiger partial charge in [-0.2, -0.15) is 0 Å². The number of aryl methyl sites for hydroxylation is 1. The van der Waals surface area contributed by atoms with E-state index in [-0.39, 0.29) is 0 Å². The lowest BCUT2D eigenvalue weighted by molar-refractivity contribution is 0.374. The maximum Gasteiger partial charge on any atom is 0.0328 e. The Morgan fingerprint density at radius 2 is 2.17 bits per heavy atom. The second-order valence-electron chi connectivity index (χ2n) is 5.75. The topological polar surface area (TPSA) is 12.0 Å². The van der Waals surface area contributed by atoms with Gasteiger partial charge in [0.1, 0.15) is 0 Å². The minimum Gasteiger partial charge on any atom is -0.307 e. The fourth-order valence-corrected chi connectivity index (χ4v) is 3.35. The second kappa shape index (κ2) is 6.21. The van der Waals surface area contributed by atoms with Crippen LogP contribution in [0.1, 0.15) is 57.2 Å². The molecule has 3 atom stereocenters. The highest BCUT2D eigenvalue weighted by atomic mass is 79.9. The summed E-state index contributed by atoms with van der Waals surface area (Å²) >= 11 is 3.56. The van der Waals surface area contributed by atoms with Gasteiger partial charge in [0.25, 0.3) is 0 Å². The molecule has 18 heavy (non-hydrogen) atoms. The van der Waals surface area contributed by atoms with E-state index in [0.29, 0.717) is 12.1 Å². The van der Waals surface area contributed by atoms with Gasteiger partial charge in [-0.1, -0.05) is 42.3 Å². The standard InChI is InChI=1S/C16H24BrN/c1-4-11(2)9-12(3)18-16-8-5-13-10-14(17)6-7-15(13)16/h6-7,10-12,16,18H,4-5,8-9H2,1-3H3. The molecule has 1 aliphatic carbocycles. The lowest BCUT2D eigenvalue weighted by Crippen LogP contribution is -2.30. The van der Waals surface area contributed by atoms with Crippen LogP contribution in [-0.2, 0) is 6.42 Å². The fourth-order valence-electron chi connectivity index (χ4n) is 2.94. The quantitative estimate of drug-likeness (QED) is 0.819. The first-order valence-electron chi connectivity index (χ1n) is 7.14. The van der Waals surface area contributed by atoms with E-state index in [0.717, 1.165) is 5.92 Å². The summed E-state index contributed by atoms with van der Waals surface area (Å²) in [7, 11) is 0. The van der Waals surface area contributed by atoms with Crippen LogP contribution in [-0.4, -0.2) is 6.04 Å². The van der Waals surface area contributed by atoms with Crippen LogP contribution in [0.4, 0.5) is 0 Å². The Labute approximate surface area is 119 Å². The number of hydrogen-bond acceptors (Lipinski definition) is 1. The summed E-state index contributed by atoms with van der Waals surface area (Å²) in [6.45, 7) is 6.95. The van der Waals surface area contributed by atoms with E-state index in [9.17, 15) is 0 Å². The molecule has 100 valence electrons. The van der Waals surface area contributed by atoms with E-state index in [1.54, 1.807) is 0 Å². The van der Waals surface area contributed by atoms with Crippen LogP contribution in [0.3, 0.4) is 0 Å². The zero-order chi connectivity index (χ0) is 13.1. The molecule has 2 rings (SSSR count). The second-order valence-corrected chi connectivity index (χ2v) is 6.67. The van der Waals surface area contributed by atoms with Crippen molar-refractivity contribution in [3.05, 3.63) is 33.8 Å². The van der Waals surface area contributed by atoms with Gasteiger partial charge < -0.3 is 5.32 Å². The van der Waals surface area contributed by atoms with E-state index < -0.39 is 0 Å². The van der Waals surface area contributed by atoms with Crippen molar-refractivity contribution in [3.8, 4) is 0 Å². The van der Waals surface area contributed by atoms with Crippen LogP contribution in [0.25, 0.3) is 0 Å². The molecule has 0 bridgehead atoms. The van der Waals surface area contributed by atoms with Gasteiger partial charge in [0, 0.05) is 16.6 Å². The van der Waals surface area contributed by atoms with Crippen molar-refractivity contribution in [3.63, 3.8) is 0 Å². The number of nitrogens with one attached hydrogen (secondary N) is 1. The minimum atomic E-state index is 0.562. The molecule has 0 fully saturated rings. The molecule has 1 nitrogen and oxygen atoms in total. The zero-order valence-electron chi connectivity index (χ0n) is 11.7. The summed E-state index contributed by atoms with van der Waals surface area (Å²) in [6.07, 6.45) is 5.01.